The summed E-state index contributed by atoms with van der Waals surface area (Å²) in [6.07, 6.45) is 13.0. The standard InChI is InChI=1S/C11H19N/c1-2-4-8-11-10(6-3-1)7-5-9-12-11/h1,3,10-12H,2,4-9H2/b3-1-. The van der Waals surface area contributed by atoms with Crippen LogP contribution in [0.15, 0.2) is 12.2 Å². The molecule has 0 aromatic carbocycles. The molecule has 0 radical (unpaired) electrons. The van der Waals surface area contributed by atoms with Crippen molar-refractivity contribution in [3.8, 4) is 0 Å². The van der Waals surface area contributed by atoms with E-state index in [1.54, 1.807) is 0 Å². The molecule has 0 aromatic heterocycles. The Hall–Kier alpha value is -0.300. The molecule has 0 aromatic rings. The van der Waals surface area contributed by atoms with Crippen LogP contribution in [0.25, 0.3) is 0 Å². The molecule has 1 aliphatic heterocycles. The maximum absolute atomic E-state index is 3.65. The summed E-state index contributed by atoms with van der Waals surface area (Å²) in [5.41, 5.74) is 0. The number of allylic oxidation sites excluding steroid dienone is 2. The minimum Gasteiger partial charge on any atom is -0.314 e. The largest absolute Gasteiger partial charge is 0.314 e. The molecular formula is C11H19N. The lowest BCUT2D eigenvalue weighted by Crippen LogP contribution is -2.41. The highest BCUT2D eigenvalue weighted by atomic mass is 14.9. The lowest BCUT2D eigenvalue weighted by atomic mass is 9.84. The number of nitrogens with one attached hydrogen (secondary N) is 1. The predicted octanol–water partition coefficient (Wildman–Crippen LogP) is 2.48. The molecular weight excluding hydrogens is 146 g/mol. The van der Waals surface area contributed by atoms with E-state index >= 15 is 0 Å². The van der Waals surface area contributed by atoms with Crippen molar-refractivity contribution in [2.24, 2.45) is 5.92 Å². The Balaban J connectivity index is 1.97. The number of hydrogen-bond donors (Lipinski definition) is 1. The van der Waals surface area contributed by atoms with Gasteiger partial charge in [-0.25, -0.2) is 0 Å². The lowest BCUT2D eigenvalue weighted by Gasteiger charge is -2.33. The van der Waals surface area contributed by atoms with Crippen LogP contribution in [0, 0.1) is 5.92 Å². The monoisotopic (exact) mass is 165 g/mol. The van der Waals surface area contributed by atoms with Crippen molar-refractivity contribution >= 4 is 0 Å². The van der Waals surface area contributed by atoms with Gasteiger partial charge in [0.1, 0.15) is 0 Å². The molecule has 0 bridgehead atoms. The molecule has 2 atom stereocenters. The maximum atomic E-state index is 3.65. The first-order valence-corrected chi connectivity index (χ1v) is 5.35. The number of hydrogen-bond acceptors (Lipinski definition) is 1. The Labute approximate surface area is 75.2 Å². The molecule has 0 spiro atoms. The van der Waals surface area contributed by atoms with Crippen molar-refractivity contribution in [1.82, 2.24) is 5.32 Å². The summed E-state index contributed by atoms with van der Waals surface area (Å²) in [5.74, 6) is 0.940. The number of fused-ring (bicyclic) bond motifs is 1. The Bertz CT molecular complexity index is 162. The van der Waals surface area contributed by atoms with E-state index in [1.807, 2.05) is 0 Å². The number of rotatable bonds is 0. The van der Waals surface area contributed by atoms with E-state index in [0.717, 1.165) is 12.0 Å². The van der Waals surface area contributed by atoms with Crippen LogP contribution < -0.4 is 5.32 Å². The average molecular weight is 165 g/mol. The van der Waals surface area contributed by atoms with Crippen LogP contribution in [0.5, 0.6) is 0 Å². The normalized spacial score (nSPS) is 39.3. The molecule has 1 saturated heterocycles. The van der Waals surface area contributed by atoms with Gasteiger partial charge < -0.3 is 5.32 Å². The third kappa shape index (κ3) is 1.89. The van der Waals surface area contributed by atoms with E-state index in [1.165, 1.54) is 45.1 Å². The second-order valence-corrected chi connectivity index (χ2v) is 4.10. The van der Waals surface area contributed by atoms with E-state index in [4.69, 9.17) is 0 Å². The van der Waals surface area contributed by atoms with Crippen LogP contribution >= 0.6 is 0 Å². The van der Waals surface area contributed by atoms with Crippen molar-refractivity contribution in [3.63, 3.8) is 0 Å². The third-order valence-electron chi connectivity index (χ3n) is 3.22. The molecule has 1 fully saturated rings. The zero-order chi connectivity index (χ0) is 8.23. The van der Waals surface area contributed by atoms with Crippen LogP contribution in [-0.2, 0) is 0 Å². The van der Waals surface area contributed by atoms with Gasteiger partial charge >= 0.3 is 0 Å². The molecule has 0 amide bonds. The van der Waals surface area contributed by atoms with Gasteiger partial charge in [0, 0.05) is 6.04 Å². The molecule has 2 rings (SSSR count). The Morgan fingerprint density at radius 1 is 1.08 bits per heavy atom. The first-order valence-electron chi connectivity index (χ1n) is 5.35. The van der Waals surface area contributed by atoms with Crippen LogP contribution in [0.1, 0.15) is 38.5 Å². The van der Waals surface area contributed by atoms with E-state index < -0.39 is 0 Å². The van der Waals surface area contributed by atoms with Crippen LogP contribution in [0.2, 0.25) is 0 Å². The predicted molar refractivity (Wildman–Crippen MR) is 52.1 cm³/mol. The van der Waals surface area contributed by atoms with Gasteiger partial charge in [-0.1, -0.05) is 12.2 Å². The lowest BCUT2D eigenvalue weighted by molar-refractivity contribution is 0.262. The van der Waals surface area contributed by atoms with Gasteiger partial charge in [0.25, 0.3) is 0 Å². The highest BCUT2D eigenvalue weighted by molar-refractivity contribution is 4.92. The van der Waals surface area contributed by atoms with Crippen molar-refractivity contribution in [2.75, 3.05) is 6.54 Å². The fourth-order valence-electron chi connectivity index (χ4n) is 2.48. The summed E-state index contributed by atoms with van der Waals surface area (Å²) < 4.78 is 0. The molecule has 1 nitrogen and oxygen atoms in total. The minimum atomic E-state index is 0.837. The zero-order valence-corrected chi connectivity index (χ0v) is 7.76. The van der Waals surface area contributed by atoms with Crippen molar-refractivity contribution in [3.05, 3.63) is 12.2 Å². The van der Waals surface area contributed by atoms with Crippen molar-refractivity contribution < 1.29 is 0 Å². The zero-order valence-electron chi connectivity index (χ0n) is 7.76. The molecule has 1 heterocycles. The summed E-state index contributed by atoms with van der Waals surface area (Å²) in [6.45, 7) is 1.25. The molecule has 0 saturated carbocycles. The quantitative estimate of drug-likeness (QED) is 0.544. The maximum Gasteiger partial charge on any atom is 0.00984 e. The van der Waals surface area contributed by atoms with E-state index in [9.17, 15) is 0 Å². The summed E-state index contributed by atoms with van der Waals surface area (Å²) in [4.78, 5) is 0. The first-order chi connectivity index (χ1) is 5.97. The highest BCUT2D eigenvalue weighted by Gasteiger charge is 2.23. The highest BCUT2D eigenvalue weighted by Crippen LogP contribution is 2.25. The molecule has 1 N–H and O–H groups in total. The summed E-state index contributed by atoms with van der Waals surface area (Å²) in [7, 11) is 0. The molecule has 1 heteroatoms. The van der Waals surface area contributed by atoms with Crippen LogP contribution in [0.3, 0.4) is 0 Å². The second kappa shape index (κ2) is 4.08. The van der Waals surface area contributed by atoms with Crippen molar-refractivity contribution in [1.29, 1.82) is 0 Å². The average Bonchev–Trinajstić information content (AvgIpc) is 2.06. The SMILES string of the molecule is C1=C\CC2CCCNC2CCC/1. The molecule has 2 unspecified atom stereocenters. The Kier molecular flexibility index (Phi) is 2.83. The van der Waals surface area contributed by atoms with Crippen LogP contribution in [-0.4, -0.2) is 12.6 Å². The van der Waals surface area contributed by atoms with E-state index in [0.29, 0.717) is 0 Å². The van der Waals surface area contributed by atoms with Gasteiger partial charge in [-0.3, -0.25) is 0 Å². The Morgan fingerprint density at radius 3 is 3.08 bits per heavy atom. The van der Waals surface area contributed by atoms with Crippen LogP contribution in [0.4, 0.5) is 0 Å². The molecule has 68 valence electrons. The van der Waals surface area contributed by atoms with Gasteiger partial charge in [0.05, 0.1) is 0 Å². The van der Waals surface area contributed by atoms with Gasteiger partial charge in [-0.05, 0) is 51.0 Å². The topological polar surface area (TPSA) is 12.0 Å². The number of piperidine rings is 1. The molecule has 2 aliphatic rings. The molecule has 12 heavy (non-hydrogen) atoms. The van der Waals surface area contributed by atoms with Gasteiger partial charge in [-0.15, -0.1) is 0 Å². The summed E-state index contributed by atoms with van der Waals surface area (Å²) in [6, 6.07) is 0.837. The van der Waals surface area contributed by atoms with E-state index in [2.05, 4.69) is 17.5 Å². The first kappa shape index (κ1) is 8.31. The fraction of sp³-hybridized carbons (Fsp3) is 0.818. The summed E-state index contributed by atoms with van der Waals surface area (Å²) >= 11 is 0. The van der Waals surface area contributed by atoms with Crippen molar-refractivity contribution in [2.45, 2.75) is 44.6 Å². The Morgan fingerprint density at radius 2 is 2.08 bits per heavy atom. The fourth-order valence-corrected chi connectivity index (χ4v) is 2.48. The molecule has 1 aliphatic carbocycles. The second-order valence-electron chi connectivity index (χ2n) is 4.10. The van der Waals surface area contributed by atoms with Gasteiger partial charge in [-0.2, -0.15) is 0 Å². The van der Waals surface area contributed by atoms with Gasteiger partial charge in [0.2, 0.25) is 0 Å². The summed E-state index contributed by atoms with van der Waals surface area (Å²) in [5, 5.41) is 3.65. The van der Waals surface area contributed by atoms with E-state index in [-0.39, 0.29) is 0 Å². The minimum absolute atomic E-state index is 0.837. The third-order valence-corrected chi connectivity index (χ3v) is 3.22. The smallest absolute Gasteiger partial charge is 0.00984 e. The van der Waals surface area contributed by atoms with Gasteiger partial charge in [0.15, 0.2) is 0 Å².